The molecular formula is C34H36F6N2O2. The van der Waals surface area contributed by atoms with Crippen molar-refractivity contribution in [2.75, 3.05) is 6.61 Å². The molecule has 2 aromatic rings. The molecule has 1 aliphatic carbocycles. The summed E-state index contributed by atoms with van der Waals surface area (Å²) in [6.45, 7) is 7.36. The van der Waals surface area contributed by atoms with Gasteiger partial charge in [0, 0.05) is 23.3 Å². The third-order valence-corrected chi connectivity index (χ3v) is 8.31. The van der Waals surface area contributed by atoms with E-state index in [4.69, 9.17) is 15.3 Å². The maximum Gasteiger partial charge on any atom is 0.419 e. The van der Waals surface area contributed by atoms with Gasteiger partial charge in [-0.3, -0.25) is 0 Å². The fourth-order valence-electron chi connectivity index (χ4n) is 5.83. The molecule has 1 heterocycles. The highest BCUT2D eigenvalue weighted by molar-refractivity contribution is 6.02. The lowest BCUT2D eigenvalue weighted by atomic mass is 9.84. The predicted octanol–water partition coefficient (Wildman–Crippen LogP) is 9.53. The molecule has 2 aromatic carbocycles. The van der Waals surface area contributed by atoms with Gasteiger partial charge in [-0.1, -0.05) is 62.7 Å². The Hall–Kier alpha value is -3.91. The van der Waals surface area contributed by atoms with E-state index in [9.17, 15) is 26.3 Å². The van der Waals surface area contributed by atoms with E-state index in [0.717, 1.165) is 37.8 Å². The molecule has 0 aromatic heterocycles. The van der Waals surface area contributed by atoms with Crippen molar-refractivity contribution in [3.05, 3.63) is 101 Å². The minimum Gasteiger partial charge on any atom is -0.489 e. The van der Waals surface area contributed by atoms with Gasteiger partial charge in [-0.2, -0.15) is 26.3 Å². The van der Waals surface area contributed by atoms with Crippen molar-refractivity contribution in [3.8, 4) is 5.75 Å². The molecule has 4 rings (SSSR count). The molecule has 2 N–H and O–H groups in total. The third-order valence-electron chi connectivity index (χ3n) is 8.31. The first kappa shape index (κ1) is 33.0. The van der Waals surface area contributed by atoms with Crippen LogP contribution in [0.25, 0.3) is 6.08 Å². The Kier molecular flexibility index (Phi) is 10.4. The van der Waals surface area contributed by atoms with Gasteiger partial charge in [0.1, 0.15) is 18.1 Å². The van der Waals surface area contributed by atoms with Crippen LogP contribution in [0.3, 0.4) is 0 Å². The minimum absolute atomic E-state index is 0.0600. The summed E-state index contributed by atoms with van der Waals surface area (Å²) in [5.41, 5.74) is 8.30. The van der Waals surface area contributed by atoms with Crippen molar-refractivity contribution in [2.24, 2.45) is 34.6 Å². The van der Waals surface area contributed by atoms with E-state index < -0.39 is 29.2 Å². The Morgan fingerprint density at radius 2 is 1.80 bits per heavy atom. The maximum atomic E-state index is 14.1. The number of oxime groups is 1. The molecule has 1 saturated carbocycles. The summed E-state index contributed by atoms with van der Waals surface area (Å²) in [6, 6.07) is 8.57. The average Bonchev–Trinajstić information content (AvgIpc) is 3.29. The van der Waals surface area contributed by atoms with E-state index in [2.05, 4.69) is 24.4 Å². The van der Waals surface area contributed by atoms with Crippen LogP contribution < -0.4 is 10.5 Å². The highest BCUT2D eigenvalue weighted by Crippen LogP contribution is 2.41. The van der Waals surface area contributed by atoms with Crippen LogP contribution in [0.4, 0.5) is 26.3 Å². The predicted molar refractivity (Wildman–Crippen MR) is 158 cm³/mol. The van der Waals surface area contributed by atoms with Gasteiger partial charge in [0.15, 0.2) is 0 Å². The SMILES string of the molecule is C=C=C(N)C1C[C@H](C2=CCC(C)C(c3ccc(OC/C=C/c4ccccc4C(F)(F)F)c(C(F)(F)F)c3)=NO2)CCCC1C. The van der Waals surface area contributed by atoms with Gasteiger partial charge in [0.25, 0.3) is 0 Å². The van der Waals surface area contributed by atoms with Crippen LogP contribution in [-0.4, -0.2) is 12.3 Å². The lowest BCUT2D eigenvalue weighted by Gasteiger charge is -2.24. The lowest BCUT2D eigenvalue weighted by Crippen LogP contribution is -2.21. The molecule has 0 amide bonds. The van der Waals surface area contributed by atoms with Gasteiger partial charge in [-0.05, 0) is 67.2 Å². The molecule has 3 unspecified atom stereocenters. The van der Waals surface area contributed by atoms with Gasteiger partial charge < -0.3 is 15.3 Å². The molecule has 1 fully saturated rings. The fourth-order valence-corrected chi connectivity index (χ4v) is 5.83. The molecule has 1 aliphatic heterocycles. The second-order valence-electron chi connectivity index (χ2n) is 11.4. The number of hydrogen-bond donors (Lipinski definition) is 1. The van der Waals surface area contributed by atoms with Gasteiger partial charge in [0.2, 0.25) is 0 Å². The zero-order valence-corrected chi connectivity index (χ0v) is 24.6. The summed E-state index contributed by atoms with van der Waals surface area (Å²) in [5.74, 6) is 0.553. The van der Waals surface area contributed by atoms with E-state index in [0.29, 0.717) is 29.5 Å². The Balaban J connectivity index is 1.52. The van der Waals surface area contributed by atoms with Crippen LogP contribution in [0.5, 0.6) is 5.75 Å². The third kappa shape index (κ3) is 7.97. The van der Waals surface area contributed by atoms with Crippen molar-refractivity contribution in [2.45, 2.75) is 58.3 Å². The Morgan fingerprint density at radius 1 is 1.07 bits per heavy atom. The first-order chi connectivity index (χ1) is 20.8. The van der Waals surface area contributed by atoms with E-state index in [1.165, 1.54) is 42.5 Å². The Labute approximate surface area is 253 Å². The number of benzene rings is 2. The summed E-state index contributed by atoms with van der Waals surface area (Å²) in [6.07, 6.45) is -0.764. The number of allylic oxidation sites excluding steroid dienone is 3. The average molecular weight is 619 g/mol. The summed E-state index contributed by atoms with van der Waals surface area (Å²) >= 11 is 0. The number of nitrogens with zero attached hydrogens (tertiary/aromatic N) is 1. The number of nitrogens with two attached hydrogens (primary N) is 1. The van der Waals surface area contributed by atoms with Gasteiger partial charge >= 0.3 is 12.4 Å². The summed E-state index contributed by atoms with van der Waals surface area (Å²) < 4.78 is 87.4. The van der Waals surface area contributed by atoms with Gasteiger partial charge in [0.05, 0.1) is 22.5 Å². The zero-order chi connectivity index (χ0) is 32.1. The Morgan fingerprint density at radius 3 is 2.50 bits per heavy atom. The van der Waals surface area contributed by atoms with Crippen molar-refractivity contribution in [1.82, 2.24) is 0 Å². The van der Waals surface area contributed by atoms with Crippen LogP contribution in [-0.2, 0) is 17.2 Å². The number of alkyl halides is 6. The molecule has 0 bridgehead atoms. The van der Waals surface area contributed by atoms with Crippen molar-refractivity contribution < 1.29 is 35.9 Å². The topological polar surface area (TPSA) is 56.8 Å². The zero-order valence-electron chi connectivity index (χ0n) is 24.6. The fraction of sp³-hybridized carbons (Fsp3) is 0.412. The highest BCUT2D eigenvalue weighted by atomic mass is 19.4. The second-order valence-corrected chi connectivity index (χ2v) is 11.4. The van der Waals surface area contributed by atoms with Crippen molar-refractivity contribution in [3.63, 3.8) is 0 Å². The lowest BCUT2D eigenvalue weighted by molar-refractivity contribution is -0.139. The molecule has 10 heteroatoms. The van der Waals surface area contributed by atoms with Crippen molar-refractivity contribution in [1.29, 1.82) is 0 Å². The smallest absolute Gasteiger partial charge is 0.419 e. The first-order valence-corrected chi connectivity index (χ1v) is 14.6. The molecular weight excluding hydrogens is 582 g/mol. The van der Waals surface area contributed by atoms with Crippen molar-refractivity contribution >= 4 is 11.8 Å². The van der Waals surface area contributed by atoms with Crippen LogP contribution in [0.2, 0.25) is 0 Å². The van der Waals surface area contributed by atoms with Gasteiger partial charge in [-0.15, -0.1) is 5.73 Å². The maximum absolute atomic E-state index is 14.1. The quantitative estimate of drug-likeness (QED) is 0.191. The summed E-state index contributed by atoms with van der Waals surface area (Å²) in [4.78, 5) is 5.90. The summed E-state index contributed by atoms with van der Waals surface area (Å²) in [5, 5.41) is 4.33. The van der Waals surface area contributed by atoms with Gasteiger partial charge in [-0.25, -0.2) is 0 Å². The van der Waals surface area contributed by atoms with E-state index >= 15 is 0 Å². The molecule has 44 heavy (non-hydrogen) atoms. The summed E-state index contributed by atoms with van der Waals surface area (Å²) in [7, 11) is 0. The van der Waals surface area contributed by atoms with Crippen LogP contribution in [0, 0.1) is 23.7 Å². The Bertz CT molecular complexity index is 1470. The molecule has 2 aliphatic rings. The van der Waals surface area contributed by atoms with E-state index in [-0.39, 0.29) is 35.5 Å². The molecule has 0 saturated heterocycles. The molecule has 4 nitrogen and oxygen atoms in total. The number of rotatable bonds is 7. The van der Waals surface area contributed by atoms with E-state index in [1.807, 2.05) is 13.0 Å². The highest BCUT2D eigenvalue weighted by Gasteiger charge is 2.36. The minimum atomic E-state index is -4.75. The van der Waals surface area contributed by atoms with Crippen LogP contribution >= 0.6 is 0 Å². The monoisotopic (exact) mass is 618 g/mol. The van der Waals surface area contributed by atoms with E-state index in [1.54, 1.807) is 0 Å². The first-order valence-electron chi connectivity index (χ1n) is 14.6. The molecule has 4 atom stereocenters. The normalized spacial score (nSPS) is 23.1. The standard InChI is InChI=1S/C34H36F6N2O2/c1-4-29(41)26-19-24(11-7-9-21(26)2)30-16-14-22(3)32(42-44-30)25-15-17-31(28(20-25)34(38,39)40)43-18-8-12-23-10-5-6-13-27(23)33(35,36)37/h5-6,8,10,12-13,15-17,20-22,24,26H,1,7,9,11,14,18-19,41H2,2-3H3/b12-8+/t21?,22?,24-,26?/m1/s1. The molecule has 236 valence electrons. The largest absolute Gasteiger partial charge is 0.489 e. The molecule has 0 spiro atoms. The molecule has 0 radical (unpaired) electrons. The van der Waals surface area contributed by atoms with Crippen LogP contribution in [0.1, 0.15) is 68.2 Å². The second kappa shape index (κ2) is 13.8. The number of halogens is 6. The van der Waals surface area contributed by atoms with Crippen LogP contribution in [0.15, 0.2) is 83.5 Å². The number of ether oxygens (including phenoxy) is 1. The number of hydrogen-bond acceptors (Lipinski definition) is 4.